The summed E-state index contributed by atoms with van der Waals surface area (Å²) in [6, 6.07) is 13.0. The highest BCUT2D eigenvalue weighted by atomic mass is 35.5. The molecule has 0 bridgehead atoms. The molecule has 0 aliphatic rings. The fourth-order valence-electron chi connectivity index (χ4n) is 1.46. The van der Waals surface area contributed by atoms with Crippen LogP contribution in [0.4, 0.5) is 0 Å². The van der Waals surface area contributed by atoms with Gasteiger partial charge >= 0.3 is 10.1 Å². The van der Waals surface area contributed by atoms with Crippen molar-refractivity contribution in [2.45, 2.75) is 11.8 Å². The van der Waals surface area contributed by atoms with Gasteiger partial charge in [0, 0.05) is 0 Å². The fraction of sp³-hybridized carbons (Fsp3) is 0.0769. The molecule has 2 aromatic rings. The Morgan fingerprint density at radius 1 is 1.06 bits per heavy atom. The number of aryl methyl sites for hydroxylation is 1. The predicted molar refractivity (Wildman–Crippen MR) is 70.4 cm³/mol. The number of hydrogen-bond acceptors (Lipinski definition) is 3. The van der Waals surface area contributed by atoms with E-state index in [4.69, 9.17) is 15.8 Å². The van der Waals surface area contributed by atoms with Gasteiger partial charge in [0.2, 0.25) is 0 Å². The predicted octanol–water partition coefficient (Wildman–Crippen LogP) is 3.42. The summed E-state index contributed by atoms with van der Waals surface area (Å²) in [6.07, 6.45) is 0. The summed E-state index contributed by atoms with van der Waals surface area (Å²) >= 11 is 5.92. The Bertz CT molecular complexity index is 651. The van der Waals surface area contributed by atoms with Crippen molar-refractivity contribution in [1.82, 2.24) is 0 Å². The molecule has 94 valence electrons. The molecule has 0 aromatic heterocycles. The van der Waals surface area contributed by atoms with Crippen molar-refractivity contribution < 1.29 is 12.6 Å². The normalized spacial score (nSPS) is 11.2. The van der Waals surface area contributed by atoms with E-state index < -0.39 is 10.1 Å². The number of rotatable bonds is 3. The van der Waals surface area contributed by atoms with Gasteiger partial charge in [-0.05, 0) is 36.8 Å². The first-order chi connectivity index (χ1) is 8.49. The zero-order valence-electron chi connectivity index (χ0n) is 9.63. The Morgan fingerprint density at radius 3 is 2.33 bits per heavy atom. The van der Waals surface area contributed by atoms with E-state index in [0.29, 0.717) is 0 Å². The fourth-order valence-corrected chi connectivity index (χ4v) is 2.96. The molecule has 0 amide bonds. The van der Waals surface area contributed by atoms with Gasteiger partial charge in [-0.1, -0.05) is 35.9 Å². The Balaban J connectivity index is 2.37. The van der Waals surface area contributed by atoms with E-state index in [0.717, 1.165) is 5.56 Å². The van der Waals surface area contributed by atoms with Crippen LogP contribution in [0.1, 0.15) is 5.56 Å². The second-order valence-corrected chi connectivity index (χ2v) is 5.71. The van der Waals surface area contributed by atoms with Crippen LogP contribution in [0.15, 0.2) is 53.4 Å². The molecule has 0 saturated carbocycles. The molecule has 0 aliphatic heterocycles. The highest BCUT2D eigenvalue weighted by Crippen LogP contribution is 2.25. The van der Waals surface area contributed by atoms with E-state index >= 15 is 0 Å². The van der Waals surface area contributed by atoms with E-state index in [2.05, 4.69) is 0 Å². The monoisotopic (exact) mass is 282 g/mol. The van der Waals surface area contributed by atoms with Crippen molar-refractivity contribution in [2.75, 3.05) is 0 Å². The first-order valence-electron chi connectivity index (χ1n) is 5.25. The maximum Gasteiger partial charge on any atom is 0.340 e. The summed E-state index contributed by atoms with van der Waals surface area (Å²) in [7, 11) is -3.89. The van der Waals surface area contributed by atoms with Crippen LogP contribution >= 0.6 is 11.6 Å². The van der Waals surface area contributed by atoms with Gasteiger partial charge in [-0.15, -0.1) is 0 Å². The summed E-state index contributed by atoms with van der Waals surface area (Å²) in [4.78, 5) is -0.0291. The molecule has 0 radical (unpaired) electrons. The van der Waals surface area contributed by atoms with Crippen molar-refractivity contribution in [2.24, 2.45) is 0 Å². The Hall–Kier alpha value is -1.52. The molecule has 3 nitrogen and oxygen atoms in total. The minimum atomic E-state index is -3.89. The molecule has 0 spiro atoms. The number of halogens is 1. The molecule has 0 unspecified atom stereocenters. The third kappa shape index (κ3) is 2.83. The van der Waals surface area contributed by atoms with Crippen LogP contribution in [0.2, 0.25) is 5.02 Å². The molecular weight excluding hydrogens is 272 g/mol. The van der Waals surface area contributed by atoms with E-state index in [1.165, 1.54) is 6.07 Å². The molecule has 0 heterocycles. The third-order valence-electron chi connectivity index (χ3n) is 2.31. The largest absolute Gasteiger partial charge is 0.379 e. The summed E-state index contributed by atoms with van der Waals surface area (Å²) in [5.41, 5.74) is 0.888. The first-order valence-corrected chi connectivity index (χ1v) is 7.03. The van der Waals surface area contributed by atoms with Gasteiger partial charge in [0.05, 0.1) is 5.02 Å². The SMILES string of the molecule is Cc1ccc(S(=O)(=O)Oc2ccccc2)c(Cl)c1. The highest BCUT2D eigenvalue weighted by Gasteiger charge is 2.20. The van der Waals surface area contributed by atoms with Crippen LogP contribution in [-0.4, -0.2) is 8.42 Å². The Morgan fingerprint density at radius 2 is 1.72 bits per heavy atom. The average Bonchev–Trinajstić information content (AvgIpc) is 2.29. The molecule has 2 aromatic carbocycles. The first kappa shape index (κ1) is 12.9. The van der Waals surface area contributed by atoms with E-state index in [-0.39, 0.29) is 15.7 Å². The number of hydrogen-bond donors (Lipinski definition) is 0. The molecule has 5 heteroatoms. The van der Waals surface area contributed by atoms with Crippen LogP contribution in [0.5, 0.6) is 5.75 Å². The summed E-state index contributed by atoms with van der Waals surface area (Å²) in [5.74, 6) is 0.258. The lowest BCUT2D eigenvalue weighted by molar-refractivity contribution is 0.486. The quantitative estimate of drug-likeness (QED) is 0.810. The van der Waals surface area contributed by atoms with Gasteiger partial charge in [-0.3, -0.25) is 0 Å². The second-order valence-electron chi connectivity index (χ2n) is 3.78. The Kier molecular flexibility index (Phi) is 3.59. The molecule has 18 heavy (non-hydrogen) atoms. The van der Waals surface area contributed by atoms with Crippen LogP contribution in [0, 0.1) is 6.92 Å². The van der Waals surface area contributed by atoms with E-state index in [1.807, 2.05) is 6.92 Å². The van der Waals surface area contributed by atoms with E-state index in [1.54, 1.807) is 42.5 Å². The zero-order valence-corrected chi connectivity index (χ0v) is 11.2. The second kappa shape index (κ2) is 5.00. The lowest BCUT2D eigenvalue weighted by Crippen LogP contribution is -2.10. The van der Waals surface area contributed by atoms with Crippen molar-refractivity contribution in [1.29, 1.82) is 0 Å². The highest BCUT2D eigenvalue weighted by molar-refractivity contribution is 7.87. The minimum Gasteiger partial charge on any atom is -0.379 e. The number of para-hydroxylation sites is 1. The molecule has 0 aliphatic carbocycles. The molecular formula is C13H11ClO3S. The molecule has 0 saturated heterocycles. The lowest BCUT2D eigenvalue weighted by Gasteiger charge is -2.08. The average molecular weight is 283 g/mol. The summed E-state index contributed by atoms with van der Waals surface area (Å²) in [6.45, 7) is 1.83. The lowest BCUT2D eigenvalue weighted by atomic mass is 10.2. The van der Waals surface area contributed by atoms with Gasteiger partial charge in [0.15, 0.2) is 0 Å². The standard InChI is InChI=1S/C13H11ClO3S/c1-10-7-8-13(12(14)9-10)18(15,16)17-11-5-3-2-4-6-11/h2-9H,1H3. The summed E-state index contributed by atoms with van der Waals surface area (Å²) in [5, 5.41) is 0.158. The van der Waals surface area contributed by atoms with Crippen LogP contribution < -0.4 is 4.18 Å². The number of benzene rings is 2. The van der Waals surface area contributed by atoms with Crippen LogP contribution in [-0.2, 0) is 10.1 Å². The van der Waals surface area contributed by atoms with Crippen molar-refractivity contribution in [3.63, 3.8) is 0 Å². The smallest absolute Gasteiger partial charge is 0.340 e. The molecule has 2 rings (SSSR count). The topological polar surface area (TPSA) is 43.4 Å². The third-order valence-corrected chi connectivity index (χ3v) is 4.04. The zero-order chi connectivity index (χ0) is 13.2. The van der Waals surface area contributed by atoms with Crippen LogP contribution in [0.25, 0.3) is 0 Å². The van der Waals surface area contributed by atoms with E-state index in [9.17, 15) is 8.42 Å². The van der Waals surface area contributed by atoms with Crippen molar-refractivity contribution >= 4 is 21.7 Å². The van der Waals surface area contributed by atoms with Gasteiger partial charge < -0.3 is 4.18 Å². The van der Waals surface area contributed by atoms with Gasteiger partial charge in [-0.2, -0.15) is 8.42 Å². The summed E-state index contributed by atoms with van der Waals surface area (Å²) < 4.78 is 29.1. The maximum atomic E-state index is 12.0. The van der Waals surface area contributed by atoms with Gasteiger partial charge in [0.25, 0.3) is 0 Å². The maximum absolute atomic E-state index is 12.0. The van der Waals surface area contributed by atoms with Gasteiger partial charge in [0.1, 0.15) is 10.6 Å². The molecule has 0 N–H and O–H groups in total. The minimum absolute atomic E-state index is 0.0291. The Labute approximate surface area is 111 Å². The van der Waals surface area contributed by atoms with Crippen molar-refractivity contribution in [3.8, 4) is 5.75 Å². The van der Waals surface area contributed by atoms with Crippen molar-refractivity contribution in [3.05, 3.63) is 59.1 Å². The molecule has 0 atom stereocenters. The van der Waals surface area contributed by atoms with Gasteiger partial charge in [-0.25, -0.2) is 0 Å². The molecule has 0 fully saturated rings. The van der Waals surface area contributed by atoms with Crippen LogP contribution in [0.3, 0.4) is 0 Å².